The van der Waals surface area contributed by atoms with Crippen molar-refractivity contribution in [3.05, 3.63) is 23.4 Å². The fraction of sp³-hybridized carbons (Fsp3) is 0.625. The van der Waals surface area contributed by atoms with Crippen LogP contribution in [0.2, 0.25) is 0 Å². The Hall–Kier alpha value is -1.03. The van der Waals surface area contributed by atoms with Crippen molar-refractivity contribution in [3.8, 4) is 0 Å². The fourth-order valence-corrected chi connectivity index (χ4v) is 4.20. The van der Waals surface area contributed by atoms with Gasteiger partial charge in [0.15, 0.2) is 0 Å². The van der Waals surface area contributed by atoms with Gasteiger partial charge < -0.3 is 5.11 Å². The number of nitrogens with zero attached hydrogens (tertiary/aromatic N) is 1. The first-order valence-corrected chi connectivity index (χ1v) is 8.37. The van der Waals surface area contributed by atoms with Crippen molar-refractivity contribution < 1.29 is 9.90 Å². The number of thioether (sulfide) groups is 1. The molecule has 1 aromatic heterocycles. The van der Waals surface area contributed by atoms with E-state index in [9.17, 15) is 9.90 Å². The van der Waals surface area contributed by atoms with Gasteiger partial charge in [0.25, 0.3) is 0 Å². The van der Waals surface area contributed by atoms with Gasteiger partial charge >= 0.3 is 5.97 Å². The van der Waals surface area contributed by atoms with Gasteiger partial charge in [-0.15, -0.1) is 11.8 Å². The van der Waals surface area contributed by atoms with Crippen LogP contribution in [0.25, 0.3) is 0 Å². The Morgan fingerprint density at radius 2 is 2.25 bits per heavy atom. The van der Waals surface area contributed by atoms with Gasteiger partial charge in [-0.25, -0.2) is 9.78 Å². The first kappa shape index (κ1) is 15.4. The molecular formula is C16H23NO2S. The maximum atomic E-state index is 11.2. The van der Waals surface area contributed by atoms with E-state index >= 15 is 0 Å². The summed E-state index contributed by atoms with van der Waals surface area (Å²) in [4.78, 5) is 15.8. The molecule has 1 N–H and O–H groups in total. The average molecular weight is 293 g/mol. The second-order valence-electron chi connectivity index (χ2n) is 5.75. The summed E-state index contributed by atoms with van der Waals surface area (Å²) in [5.74, 6) is -0.0809. The predicted molar refractivity (Wildman–Crippen MR) is 82.5 cm³/mol. The molecule has 1 aliphatic carbocycles. The van der Waals surface area contributed by atoms with Crippen LogP contribution in [0.15, 0.2) is 17.2 Å². The van der Waals surface area contributed by atoms with Gasteiger partial charge in [0.1, 0.15) is 0 Å². The Bertz CT molecular complexity index is 476. The number of pyridine rings is 1. The number of hydrogen-bond donors (Lipinski definition) is 1. The molecule has 0 radical (unpaired) electrons. The van der Waals surface area contributed by atoms with Crippen LogP contribution in [0.5, 0.6) is 0 Å². The maximum absolute atomic E-state index is 11.2. The minimum Gasteiger partial charge on any atom is -0.478 e. The zero-order valence-electron chi connectivity index (χ0n) is 12.3. The molecule has 2 rings (SSSR count). The maximum Gasteiger partial charge on any atom is 0.335 e. The summed E-state index contributed by atoms with van der Waals surface area (Å²) in [6, 6.07) is 3.44. The summed E-state index contributed by atoms with van der Waals surface area (Å²) < 4.78 is 0. The van der Waals surface area contributed by atoms with Crippen molar-refractivity contribution in [1.29, 1.82) is 0 Å². The van der Waals surface area contributed by atoms with Crippen molar-refractivity contribution in [2.45, 2.75) is 62.6 Å². The molecule has 4 heteroatoms. The standard InChI is InChI=1S/C16H23NO2S/c1-3-5-13-9-12(16(18)19)10-15(17-13)20-14-7-4-6-11(2)8-14/h9-11,14H,3-8H2,1-2H3,(H,18,19). The number of carboxylic acids is 1. The van der Waals surface area contributed by atoms with E-state index in [1.807, 2.05) is 0 Å². The van der Waals surface area contributed by atoms with Crippen LogP contribution < -0.4 is 0 Å². The van der Waals surface area contributed by atoms with E-state index in [4.69, 9.17) is 0 Å². The summed E-state index contributed by atoms with van der Waals surface area (Å²) in [5.41, 5.74) is 1.27. The lowest BCUT2D eigenvalue weighted by atomic mass is 9.91. The molecule has 0 aliphatic heterocycles. The predicted octanol–water partition coefficient (Wildman–Crippen LogP) is 4.40. The lowest BCUT2D eigenvalue weighted by Gasteiger charge is -2.26. The van der Waals surface area contributed by atoms with E-state index < -0.39 is 5.97 Å². The number of aromatic nitrogens is 1. The van der Waals surface area contributed by atoms with E-state index in [-0.39, 0.29) is 0 Å². The number of carbonyl (C=O) groups is 1. The molecule has 1 aromatic rings. The van der Waals surface area contributed by atoms with Crippen molar-refractivity contribution in [2.24, 2.45) is 5.92 Å². The largest absolute Gasteiger partial charge is 0.478 e. The molecule has 0 aromatic carbocycles. The molecule has 2 unspecified atom stereocenters. The van der Waals surface area contributed by atoms with Gasteiger partial charge in [0.05, 0.1) is 10.6 Å². The van der Waals surface area contributed by atoms with Gasteiger partial charge in [-0.3, -0.25) is 0 Å². The number of hydrogen-bond acceptors (Lipinski definition) is 3. The second-order valence-corrected chi connectivity index (χ2v) is 7.07. The van der Waals surface area contributed by atoms with Crippen molar-refractivity contribution in [3.63, 3.8) is 0 Å². The molecule has 0 saturated heterocycles. The zero-order valence-corrected chi connectivity index (χ0v) is 13.1. The molecule has 1 fully saturated rings. The lowest BCUT2D eigenvalue weighted by Crippen LogP contribution is -2.15. The number of aryl methyl sites for hydroxylation is 1. The summed E-state index contributed by atoms with van der Waals surface area (Å²) in [6.07, 6.45) is 6.86. The summed E-state index contributed by atoms with van der Waals surface area (Å²) >= 11 is 1.77. The second kappa shape index (κ2) is 7.11. The minimum atomic E-state index is -0.858. The van der Waals surface area contributed by atoms with Gasteiger partial charge in [0, 0.05) is 10.9 Å². The molecule has 1 aliphatic rings. The van der Waals surface area contributed by atoms with Gasteiger partial charge in [-0.2, -0.15) is 0 Å². The highest BCUT2D eigenvalue weighted by molar-refractivity contribution is 7.99. The van der Waals surface area contributed by atoms with E-state index in [1.165, 1.54) is 25.7 Å². The molecule has 0 bridgehead atoms. The number of carboxylic acid groups (broad SMARTS) is 1. The minimum absolute atomic E-state index is 0.370. The van der Waals surface area contributed by atoms with Gasteiger partial charge in [-0.05, 0) is 37.3 Å². The van der Waals surface area contributed by atoms with Gasteiger partial charge in [-0.1, -0.05) is 33.1 Å². The monoisotopic (exact) mass is 293 g/mol. The molecule has 1 saturated carbocycles. The van der Waals surface area contributed by atoms with E-state index in [0.29, 0.717) is 10.8 Å². The van der Waals surface area contributed by atoms with Crippen LogP contribution in [-0.4, -0.2) is 21.3 Å². The molecular weight excluding hydrogens is 270 g/mol. The number of aromatic carboxylic acids is 1. The third-order valence-corrected chi connectivity index (χ3v) is 5.00. The summed E-state index contributed by atoms with van der Waals surface area (Å²) in [7, 11) is 0. The highest BCUT2D eigenvalue weighted by Gasteiger charge is 2.21. The average Bonchev–Trinajstić information content (AvgIpc) is 2.38. The lowest BCUT2D eigenvalue weighted by molar-refractivity contribution is 0.0696. The SMILES string of the molecule is CCCc1cc(C(=O)O)cc(SC2CCCC(C)C2)n1. The smallest absolute Gasteiger partial charge is 0.335 e. The van der Waals surface area contributed by atoms with Gasteiger partial charge in [0.2, 0.25) is 0 Å². The third-order valence-electron chi connectivity index (χ3n) is 3.78. The molecule has 110 valence electrons. The fourth-order valence-electron chi connectivity index (χ4n) is 2.78. The Balaban J connectivity index is 2.14. The topological polar surface area (TPSA) is 50.2 Å². The quantitative estimate of drug-likeness (QED) is 0.874. The highest BCUT2D eigenvalue weighted by atomic mass is 32.2. The number of rotatable bonds is 5. The van der Waals surface area contributed by atoms with Crippen LogP contribution in [-0.2, 0) is 6.42 Å². The summed E-state index contributed by atoms with van der Waals surface area (Å²) in [6.45, 7) is 4.39. The first-order chi connectivity index (χ1) is 9.58. The molecule has 0 spiro atoms. The Morgan fingerprint density at radius 3 is 2.90 bits per heavy atom. The van der Waals surface area contributed by atoms with E-state index in [0.717, 1.165) is 29.5 Å². The molecule has 1 heterocycles. The normalized spacial score (nSPS) is 22.7. The molecule has 3 nitrogen and oxygen atoms in total. The van der Waals surface area contributed by atoms with Crippen molar-refractivity contribution >= 4 is 17.7 Å². The van der Waals surface area contributed by atoms with Crippen LogP contribution in [0.4, 0.5) is 0 Å². The van der Waals surface area contributed by atoms with Crippen LogP contribution in [0, 0.1) is 5.92 Å². The first-order valence-electron chi connectivity index (χ1n) is 7.49. The Morgan fingerprint density at radius 1 is 1.45 bits per heavy atom. The van der Waals surface area contributed by atoms with Crippen LogP contribution >= 0.6 is 11.8 Å². The highest BCUT2D eigenvalue weighted by Crippen LogP contribution is 2.35. The van der Waals surface area contributed by atoms with Crippen LogP contribution in [0.3, 0.4) is 0 Å². The van der Waals surface area contributed by atoms with Crippen LogP contribution in [0.1, 0.15) is 62.0 Å². The third kappa shape index (κ3) is 4.23. The zero-order chi connectivity index (χ0) is 14.5. The Labute approximate surface area is 125 Å². The molecule has 2 atom stereocenters. The molecule has 20 heavy (non-hydrogen) atoms. The van der Waals surface area contributed by atoms with Crippen molar-refractivity contribution in [2.75, 3.05) is 0 Å². The van der Waals surface area contributed by atoms with E-state index in [2.05, 4.69) is 18.8 Å². The van der Waals surface area contributed by atoms with E-state index in [1.54, 1.807) is 23.9 Å². The Kier molecular flexibility index (Phi) is 5.46. The summed E-state index contributed by atoms with van der Waals surface area (Å²) in [5, 5.41) is 10.7. The molecule has 0 amide bonds. The van der Waals surface area contributed by atoms with Crippen molar-refractivity contribution in [1.82, 2.24) is 4.98 Å².